The first-order valence-electron chi connectivity index (χ1n) is 6.87. The van der Waals surface area contributed by atoms with Crippen LogP contribution in [0, 0.1) is 0 Å². The van der Waals surface area contributed by atoms with Crippen molar-refractivity contribution in [2.45, 2.75) is 24.6 Å². The molecule has 0 saturated carbocycles. The Hall–Kier alpha value is -1.99. The van der Waals surface area contributed by atoms with Gasteiger partial charge in [-0.1, -0.05) is 0 Å². The molecule has 136 valence electrons. The van der Waals surface area contributed by atoms with Gasteiger partial charge in [0.2, 0.25) is 0 Å². The van der Waals surface area contributed by atoms with Crippen molar-refractivity contribution in [2.24, 2.45) is 11.8 Å². The molecular weight excluding hydrogens is 360 g/mol. The molecule has 0 aromatic carbocycles. The Balaban J connectivity index is 1.88. The van der Waals surface area contributed by atoms with Crippen molar-refractivity contribution in [2.75, 3.05) is 5.73 Å². The van der Waals surface area contributed by atoms with Crippen LogP contribution in [-0.2, 0) is 18.6 Å². The number of hydrogen-bond donors (Lipinski definition) is 4. The van der Waals surface area contributed by atoms with Crippen molar-refractivity contribution in [3.05, 3.63) is 24.5 Å². The van der Waals surface area contributed by atoms with E-state index in [1.165, 1.54) is 17.2 Å². The van der Waals surface area contributed by atoms with Gasteiger partial charge in [-0.3, -0.25) is 9.13 Å². The number of halogens is 1. The summed E-state index contributed by atoms with van der Waals surface area (Å²) in [5.41, 5.74) is 6.18. The number of anilines is 1. The van der Waals surface area contributed by atoms with E-state index in [1.807, 2.05) is 0 Å². The minimum atomic E-state index is -3.90. The highest BCUT2D eigenvalue weighted by molar-refractivity contribution is 7.57. The average Bonchev–Trinajstić information content (AvgIpc) is 3.16. The van der Waals surface area contributed by atoms with E-state index in [2.05, 4.69) is 24.2 Å². The highest BCUT2D eigenvalue weighted by Gasteiger charge is 2.45. The lowest BCUT2D eigenvalue weighted by Crippen LogP contribution is -2.27. The van der Waals surface area contributed by atoms with Crippen molar-refractivity contribution in [1.29, 1.82) is 0 Å². The molecule has 1 fully saturated rings. The number of nitrogens with two attached hydrogens (primary N) is 3. The van der Waals surface area contributed by atoms with Gasteiger partial charge in [0.05, 0.1) is 6.33 Å². The topological polar surface area (TPSA) is 187 Å². The van der Waals surface area contributed by atoms with Gasteiger partial charge in [0.1, 0.15) is 24.1 Å². The monoisotopic (exact) mass is 375 g/mol. The standard InChI is InChI=1S/C11H15FN7O5P/c12-6-8(20)5(1-2-25(21,23-14)24-15)22-11(6)19-4-18-7-9(13)16-3-17-10(7)19/h1-6,8,11,20H,14-15H2,(H2,13,16,17)/b2-1+/t5-,6+,8-,11-/m1/s1. The van der Waals surface area contributed by atoms with E-state index in [-0.39, 0.29) is 17.0 Å². The maximum Gasteiger partial charge on any atom is 0.386 e. The summed E-state index contributed by atoms with van der Waals surface area (Å²) >= 11 is 0. The van der Waals surface area contributed by atoms with Gasteiger partial charge in [-0.25, -0.2) is 40.4 Å². The zero-order chi connectivity index (χ0) is 18.2. The second kappa shape index (κ2) is 6.72. The normalized spacial score (nSPS) is 27.5. The van der Waals surface area contributed by atoms with Crippen LogP contribution in [0.15, 0.2) is 24.5 Å². The lowest BCUT2D eigenvalue weighted by Gasteiger charge is -2.14. The summed E-state index contributed by atoms with van der Waals surface area (Å²) in [4.78, 5) is 11.8. The zero-order valence-corrected chi connectivity index (χ0v) is 13.4. The molecule has 0 radical (unpaired) electrons. The Kier molecular flexibility index (Phi) is 4.79. The van der Waals surface area contributed by atoms with E-state index in [4.69, 9.17) is 22.3 Å². The van der Waals surface area contributed by atoms with Crippen LogP contribution in [0.4, 0.5) is 10.2 Å². The summed E-state index contributed by atoms with van der Waals surface area (Å²) in [6, 6.07) is 0. The number of ether oxygens (including phenoxy) is 1. The van der Waals surface area contributed by atoms with Gasteiger partial charge in [-0.2, -0.15) is 0 Å². The molecule has 14 heteroatoms. The van der Waals surface area contributed by atoms with Gasteiger partial charge >= 0.3 is 7.60 Å². The first-order valence-corrected chi connectivity index (χ1v) is 8.48. The van der Waals surface area contributed by atoms with Crippen LogP contribution in [0.25, 0.3) is 11.2 Å². The van der Waals surface area contributed by atoms with Crippen LogP contribution >= 0.6 is 7.60 Å². The number of rotatable bonds is 5. The summed E-state index contributed by atoms with van der Waals surface area (Å²) in [5, 5.41) is 10.0. The molecule has 4 atom stereocenters. The fourth-order valence-electron chi connectivity index (χ4n) is 2.39. The van der Waals surface area contributed by atoms with Gasteiger partial charge in [0.25, 0.3) is 0 Å². The van der Waals surface area contributed by atoms with Gasteiger partial charge in [-0.15, -0.1) is 0 Å². The molecule has 0 spiro atoms. The van der Waals surface area contributed by atoms with E-state index in [0.29, 0.717) is 0 Å². The third kappa shape index (κ3) is 3.14. The number of aliphatic hydroxyl groups excluding tert-OH is 1. The van der Waals surface area contributed by atoms with Gasteiger partial charge in [0, 0.05) is 5.82 Å². The van der Waals surface area contributed by atoms with Gasteiger partial charge in [-0.05, 0) is 6.08 Å². The Morgan fingerprint density at radius 2 is 2.08 bits per heavy atom. The quantitative estimate of drug-likeness (QED) is 0.389. The summed E-state index contributed by atoms with van der Waals surface area (Å²) in [5.74, 6) is 10.6. The van der Waals surface area contributed by atoms with Crippen molar-refractivity contribution in [3.63, 3.8) is 0 Å². The first kappa shape index (κ1) is 17.8. The van der Waals surface area contributed by atoms with Crippen molar-refractivity contribution in [3.8, 4) is 0 Å². The van der Waals surface area contributed by atoms with E-state index >= 15 is 0 Å². The van der Waals surface area contributed by atoms with Crippen molar-refractivity contribution >= 4 is 24.6 Å². The Morgan fingerprint density at radius 1 is 1.36 bits per heavy atom. The summed E-state index contributed by atoms with van der Waals surface area (Å²) < 4.78 is 41.2. The Morgan fingerprint density at radius 3 is 2.76 bits per heavy atom. The molecule has 25 heavy (non-hydrogen) atoms. The maximum absolute atomic E-state index is 14.5. The third-order valence-corrected chi connectivity index (χ3v) is 4.77. The molecule has 12 nitrogen and oxygen atoms in total. The van der Waals surface area contributed by atoms with Crippen molar-refractivity contribution < 1.29 is 28.0 Å². The van der Waals surface area contributed by atoms with Gasteiger partial charge < -0.3 is 15.6 Å². The number of aliphatic hydroxyl groups is 1. The highest BCUT2D eigenvalue weighted by Crippen LogP contribution is 2.46. The second-order valence-electron chi connectivity index (χ2n) is 5.10. The fourth-order valence-corrected chi connectivity index (χ4v) is 2.96. The second-order valence-corrected chi connectivity index (χ2v) is 6.90. The molecule has 0 aliphatic carbocycles. The lowest BCUT2D eigenvalue weighted by molar-refractivity contribution is -0.00171. The summed E-state index contributed by atoms with van der Waals surface area (Å²) in [6.07, 6.45) is -2.28. The van der Waals surface area contributed by atoms with E-state index in [1.54, 1.807) is 0 Å². The van der Waals surface area contributed by atoms with Gasteiger partial charge in [0.15, 0.2) is 23.9 Å². The first-order chi connectivity index (χ1) is 11.9. The minimum absolute atomic E-state index is 0.121. The molecule has 2 aromatic heterocycles. The fraction of sp³-hybridized carbons (Fsp3) is 0.364. The number of imidazole rings is 1. The smallest absolute Gasteiger partial charge is 0.386 e. The predicted molar refractivity (Wildman–Crippen MR) is 81.8 cm³/mol. The molecule has 0 bridgehead atoms. The molecule has 3 rings (SSSR count). The Bertz CT molecular complexity index is 839. The predicted octanol–water partition coefficient (Wildman–Crippen LogP) is -0.508. The zero-order valence-electron chi connectivity index (χ0n) is 12.5. The van der Waals surface area contributed by atoms with Crippen LogP contribution in [0.1, 0.15) is 6.23 Å². The largest absolute Gasteiger partial charge is 0.387 e. The van der Waals surface area contributed by atoms with E-state index < -0.39 is 32.2 Å². The Labute approximate surface area is 139 Å². The van der Waals surface area contributed by atoms with Crippen LogP contribution in [0.5, 0.6) is 0 Å². The lowest BCUT2D eigenvalue weighted by atomic mass is 10.1. The minimum Gasteiger partial charge on any atom is -0.387 e. The third-order valence-electron chi connectivity index (χ3n) is 3.65. The number of nitrogens with zero attached hydrogens (tertiary/aromatic N) is 4. The SMILES string of the molecule is NOP(=O)(/C=C/[C@H]1O[C@@H](n2cnc3c(N)ncnc32)[C@@H](F)[C@@H]1O)ON. The number of nitrogen functional groups attached to an aromatic ring is 1. The van der Waals surface area contributed by atoms with Crippen LogP contribution in [0.2, 0.25) is 0 Å². The number of fused-ring (bicyclic) bond motifs is 1. The average molecular weight is 375 g/mol. The maximum atomic E-state index is 14.5. The van der Waals surface area contributed by atoms with Crippen LogP contribution in [-0.4, -0.2) is 43.0 Å². The summed E-state index contributed by atoms with van der Waals surface area (Å²) in [6.45, 7) is 0. The molecule has 1 aliphatic rings. The number of hydrogen-bond acceptors (Lipinski definition) is 11. The summed E-state index contributed by atoms with van der Waals surface area (Å²) in [7, 11) is -3.90. The van der Waals surface area contributed by atoms with Crippen molar-refractivity contribution in [1.82, 2.24) is 19.5 Å². The molecular formula is C11H15FN7O5P. The molecule has 0 amide bonds. The van der Waals surface area contributed by atoms with Crippen LogP contribution < -0.4 is 17.5 Å². The molecule has 3 heterocycles. The highest BCUT2D eigenvalue weighted by atomic mass is 31.2. The van der Waals surface area contributed by atoms with E-state index in [9.17, 15) is 14.1 Å². The number of alkyl halides is 1. The molecule has 7 N–H and O–H groups in total. The molecule has 2 aromatic rings. The number of aromatic nitrogens is 4. The molecule has 0 unspecified atom stereocenters. The molecule has 1 aliphatic heterocycles. The van der Waals surface area contributed by atoms with Crippen LogP contribution in [0.3, 0.4) is 0 Å². The van der Waals surface area contributed by atoms with E-state index in [0.717, 1.165) is 11.9 Å². The molecule has 1 saturated heterocycles.